The Morgan fingerprint density at radius 3 is 2.45 bits per heavy atom. The molecule has 0 unspecified atom stereocenters. The van der Waals surface area contributed by atoms with Gasteiger partial charge in [-0.05, 0) is 45.7 Å². The summed E-state index contributed by atoms with van der Waals surface area (Å²) in [4.78, 5) is 6.96. The standard InChI is InChI=1S/C22H27N5OS/c1-15-7-9-18(10-8-15)27-21(26-11-5-6-12-26)24-25-22(27)29-14-19-17(3)20(28-4)16(2)13-23-19/h7-10,13H,5-6,11-12,14H2,1-4H3. The highest BCUT2D eigenvalue weighted by molar-refractivity contribution is 7.98. The molecule has 1 aliphatic rings. The van der Waals surface area contributed by atoms with E-state index in [1.165, 1.54) is 18.4 Å². The van der Waals surface area contributed by atoms with Gasteiger partial charge in [0.15, 0.2) is 5.16 Å². The van der Waals surface area contributed by atoms with Crippen molar-refractivity contribution in [2.24, 2.45) is 0 Å². The topological polar surface area (TPSA) is 56.1 Å². The largest absolute Gasteiger partial charge is 0.496 e. The van der Waals surface area contributed by atoms with Crippen molar-refractivity contribution in [1.82, 2.24) is 19.7 Å². The summed E-state index contributed by atoms with van der Waals surface area (Å²) in [5, 5.41) is 9.98. The number of hydrogen-bond donors (Lipinski definition) is 0. The van der Waals surface area contributed by atoms with Gasteiger partial charge in [0.1, 0.15) is 5.75 Å². The van der Waals surface area contributed by atoms with Gasteiger partial charge in [0, 0.05) is 36.2 Å². The monoisotopic (exact) mass is 409 g/mol. The molecule has 0 atom stereocenters. The Bertz CT molecular complexity index is 993. The molecule has 4 rings (SSSR count). The van der Waals surface area contributed by atoms with Crippen LogP contribution in [0.25, 0.3) is 5.69 Å². The molecule has 3 aromatic rings. The normalized spacial score (nSPS) is 13.9. The molecule has 1 saturated heterocycles. The third-order valence-corrected chi connectivity index (χ3v) is 6.33. The molecule has 0 aliphatic carbocycles. The first-order chi connectivity index (χ1) is 14.1. The van der Waals surface area contributed by atoms with Crippen molar-refractivity contribution in [1.29, 1.82) is 0 Å². The molecule has 7 heteroatoms. The van der Waals surface area contributed by atoms with Crippen molar-refractivity contribution in [3.05, 3.63) is 52.8 Å². The summed E-state index contributed by atoms with van der Waals surface area (Å²) in [6.07, 6.45) is 4.28. The smallest absolute Gasteiger partial charge is 0.232 e. The van der Waals surface area contributed by atoms with Crippen LogP contribution in [0.4, 0.5) is 5.95 Å². The number of anilines is 1. The van der Waals surface area contributed by atoms with Crippen molar-refractivity contribution in [2.75, 3.05) is 25.1 Å². The lowest BCUT2D eigenvalue weighted by Gasteiger charge is -2.18. The average molecular weight is 410 g/mol. The van der Waals surface area contributed by atoms with Gasteiger partial charge in [0.05, 0.1) is 18.5 Å². The number of methoxy groups -OCH3 is 1. The number of hydrogen-bond acceptors (Lipinski definition) is 6. The molecule has 0 N–H and O–H groups in total. The predicted octanol–water partition coefficient (Wildman–Crippen LogP) is 4.49. The van der Waals surface area contributed by atoms with Gasteiger partial charge in [0.2, 0.25) is 5.95 Å². The molecule has 6 nitrogen and oxygen atoms in total. The van der Waals surface area contributed by atoms with Gasteiger partial charge in [-0.2, -0.15) is 0 Å². The third kappa shape index (κ3) is 3.96. The zero-order valence-electron chi connectivity index (χ0n) is 17.5. The minimum atomic E-state index is 0.715. The summed E-state index contributed by atoms with van der Waals surface area (Å²) in [6.45, 7) is 8.25. The highest BCUT2D eigenvalue weighted by Crippen LogP contribution is 2.32. The number of rotatable bonds is 6. The Morgan fingerprint density at radius 1 is 1.03 bits per heavy atom. The van der Waals surface area contributed by atoms with Gasteiger partial charge in [-0.1, -0.05) is 29.5 Å². The van der Waals surface area contributed by atoms with Crippen LogP contribution in [0.5, 0.6) is 5.75 Å². The summed E-state index contributed by atoms with van der Waals surface area (Å²) >= 11 is 1.66. The lowest BCUT2D eigenvalue weighted by Crippen LogP contribution is -2.22. The minimum absolute atomic E-state index is 0.715. The molecule has 0 spiro atoms. The summed E-state index contributed by atoms with van der Waals surface area (Å²) in [5.74, 6) is 2.56. The third-order valence-electron chi connectivity index (χ3n) is 5.39. The highest BCUT2D eigenvalue weighted by atomic mass is 32.2. The molecule has 29 heavy (non-hydrogen) atoms. The fraction of sp³-hybridized carbons (Fsp3) is 0.409. The van der Waals surface area contributed by atoms with Gasteiger partial charge in [-0.3, -0.25) is 9.55 Å². The van der Waals surface area contributed by atoms with Crippen LogP contribution in [0.2, 0.25) is 0 Å². The Hall–Kier alpha value is -2.54. The maximum atomic E-state index is 5.56. The molecule has 0 saturated carbocycles. The van der Waals surface area contributed by atoms with Crippen LogP contribution in [0.3, 0.4) is 0 Å². The first kappa shape index (κ1) is 19.8. The van der Waals surface area contributed by atoms with E-state index >= 15 is 0 Å². The van der Waals surface area contributed by atoms with E-state index in [9.17, 15) is 0 Å². The Labute approximate surface area is 176 Å². The second-order valence-electron chi connectivity index (χ2n) is 7.48. The zero-order chi connectivity index (χ0) is 20.4. The number of aromatic nitrogens is 4. The Morgan fingerprint density at radius 2 is 1.76 bits per heavy atom. The van der Waals surface area contributed by atoms with Crippen LogP contribution in [-0.4, -0.2) is 39.9 Å². The fourth-order valence-corrected chi connectivity index (χ4v) is 4.72. The summed E-state index contributed by atoms with van der Waals surface area (Å²) in [7, 11) is 1.71. The molecule has 0 radical (unpaired) electrons. The summed E-state index contributed by atoms with van der Waals surface area (Å²) in [6, 6.07) is 8.55. The number of ether oxygens (including phenoxy) is 1. The van der Waals surface area contributed by atoms with Crippen molar-refractivity contribution in [2.45, 2.75) is 44.5 Å². The highest BCUT2D eigenvalue weighted by Gasteiger charge is 2.23. The second kappa shape index (κ2) is 8.45. The number of benzene rings is 1. The average Bonchev–Trinajstić information content (AvgIpc) is 3.38. The van der Waals surface area contributed by atoms with E-state index in [0.717, 1.165) is 52.5 Å². The first-order valence-corrected chi connectivity index (χ1v) is 11.0. The fourth-order valence-electron chi connectivity index (χ4n) is 3.75. The SMILES string of the molecule is COc1c(C)cnc(CSc2nnc(N3CCCC3)n2-c2ccc(C)cc2)c1C. The van der Waals surface area contributed by atoms with Crippen molar-refractivity contribution < 1.29 is 4.74 Å². The predicted molar refractivity (Wildman–Crippen MR) is 117 cm³/mol. The van der Waals surface area contributed by atoms with Crippen molar-refractivity contribution in [3.63, 3.8) is 0 Å². The summed E-state index contributed by atoms with van der Waals surface area (Å²) < 4.78 is 7.73. The maximum Gasteiger partial charge on any atom is 0.232 e. The molecular weight excluding hydrogens is 382 g/mol. The Balaban J connectivity index is 1.66. The van der Waals surface area contributed by atoms with E-state index in [1.54, 1.807) is 18.9 Å². The summed E-state index contributed by atoms with van der Waals surface area (Å²) in [5.41, 5.74) is 5.49. The van der Waals surface area contributed by atoms with Gasteiger partial charge >= 0.3 is 0 Å². The molecule has 0 bridgehead atoms. The molecule has 0 amide bonds. The van der Waals surface area contributed by atoms with Gasteiger partial charge < -0.3 is 9.64 Å². The Kier molecular flexibility index (Phi) is 5.76. The second-order valence-corrected chi connectivity index (χ2v) is 8.43. The van der Waals surface area contributed by atoms with E-state index in [-0.39, 0.29) is 0 Å². The molecule has 2 aromatic heterocycles. The lowest BCUT2D eigenvalue weighted by molar-refractivity contribution is 0.407. The number of pyridine rings is 1. The maximum absolute atomic E-state index is 5.56. The van der Waals surface area contributed by atoms with Crippen LogP contribution < -0.4 is 9.64 Å². The van der Waals surface area contributed by atoms with Crippen LogP contribution in [0, 0.1) is 20.8 Å². The molecule has 1 fully saturated rings. The van der Waals surface area contributed by atoms with Gasteiger partial charge in [0.25, 0.3) is 0 Å². The van der Waals surface area contributed by atoms with E-state index in [4.69, 9.17) is 4.74 Å². The number of thioether (sulfide) groups is 1. The lowest BCUT2D eigenvalue weighted by atomic mass is 10.1. The van der Waals surface area contributed by atoms with Crippen LogP contribution in [0.15, 0.2) is 35.6 Å². The van der Waals surface area contributed by atoms with E-state index in [2.05, 4.69) is 62.8 Å². The van der Waals surface area contributed by atoms with Crippen molar-refractivity contribution >= 4 is 17.7 Å². The van der Waals surface area contributed by atoms with Gasteiger partial charge in [-0.25, -0.2) is 0 Å². The van der Waals surface area contributed by atoms with Gasteiger partial charge in [-0.15, -0.1) is 10.2 Å². The number of aryl methyl sites for hydroxylation is 2. The van der Waals surface area contributed by atoms with E-state index < -0.39 is 0 Å². The number of nitrogens with zero attached hydrogens (tertiary/aromatic N) is 5. The van der Waals surface area contributed by atoms with Crippen LogP contribution >= 0.6 is 11.8 Å². The molecule has 3 heterocycles. The first-order valence-electron chi connectivity index (χ1n) is 9.97. The zero-order valence-corrected chi connectivity index (χ0v) is 18.3. The molecule has 1 aromatic carbocycles. The van der Waals surface area contributed by atoms with Crippen molar-refractivity contribution in [3.8, 4) is 11.4 Å². The minimum Gasteiger partial charge on any atom is -0.496 e. The van der Waals surface area contributed by atoms with E-state index in [0.29, 0.717) is 5.75 Å². The van der Waals surface area contributed by atoms with Crippen LogP contribution in [-0.2, 0) is 5.75 Å². The van der Waals surface area contributed by atoms with E-state index in [1.807, 2.05) is 13.1 Å². The molecule has 152 valence electrons. The molecular formula is C22H27N5OS. The van der Waals surface area contributed by atoms with Crippen LogP contribution in [0.1, 0.15) is 35.2 Å². The molecule has 1 aliphatic heterocycles. The quantitative estimate of drug-likeness (QED) is 0.559.